The van der Waals surface area contributed by atoms with Crippen molar-refractivity contribution in [3.8, 4) is 11.8 Å². The number of halogens is 1. The van der Waals surface area contributed by atoms with Gasteiger partial charge in [0.2, 0.25) is 0 Å². The topological polar surface area (TPSA) is 63.3 Å². The number of carbonyl (C=O) groups is 1. The molecule has 0 amide bonds. The molecule has 3 N–H and O–H groups in total. The van der Waals surface area contributed by atoms with Crippen molar-refractivity contribution in [2.45, 2.75) is 6.42 Å². The third kappa shape index (κ3) is 2.90. The van der Waals surface area contributed by atoms with E-state index in [1.807, 2.05) is 0 Å². The van der Waals surface area contributed by atoms with E-state index in [2.05, 4.69) is 11.8 Å². The average Bonchev–Trinajstić information content (AvgIpc) is 2.17. The zero-order valence-corrected chi connectivity index (χ0v) is 8.71. The number of nitrogen functional groups attached to an aromatic ring is 1. The van der Waals surface area contributed by atoms with Crippen molar-refractivity contribution in [2.24, 2.45) is 0 Å². The van der Waals surface area contributed by atoms with E-state index in [9.17, 15) is 4.79 Å². The van der Waals surface area contributed by atoms with Crippen molar-refractivity contribution in [3.63, 3.8) is 0 Å². The predicted molar refractivity (Wildman–Crippen MR) is 60.0 cm³/mol. The summed E-state index contributed by atoms with van der Waals surface area (Å²) < 4.78 is 0. The minimum atomic E-state index is -1.07. The van der Waals surface area contributed by atoms with Gasteiger partial charge in [-0.3, -0.25) is 0 Å². The number of carboxylic acid groups (broad SMARTS) is 1. The number of anilines is 1. The highest BCUT2D eigenvalue weighted by Crippen LogP contribution is 2.15. The van der Waals surface area contributed by atoms with Crippen LogP contribution in [0, 0.1) is 11.8 Å². The lowest BCUT2D eigenvalue weighted by atomic mass is 10.1. The molecule has 0 aliphatic heterocycles. The SMILES string of the molecule is Nc1cccc(C#CCCCl)c1C(=O)O. The molecule has 0 radical (unpaired) electrons. The maximum atomic E-state index is 10.9. The largest absolute Gasteiger partial charge is 0.478 e. The van der Waals surface area contributed by atoms with E-state index in [-0.39, 0.29) is 11.3 Å². The van der Waals surface area contributed by atoms with E-state index in [4.69, 9.17) is 22.4 Å². The molecule has 78 valence electrons. The van der Waals surface area contributed by atoms with Crippen molar-refractivity contribution < 1.29 is 9.90 Å². The second-order valence-electron chi connectivity index (χ2n) is 2.82. The molecule has 0 fully saturated rings. The molecular weight excluding hydrogens is 214 g/mol. The molecule has 3 nitrogen and oxygen atoms in total. The number of hydrogen-bond acceptors (Lipinski definition) is 2. The molecule has 0 atom stereocenters. The van der Waals surface area contributed by atoms with Crippen LogP contribution in [0.15, 0.2) is 18.2 Å². The number of benzene rings is 1. The zero-order chi connectivity index (χ0) is 11.3. The summed E-state index contributed by atoms with van der Waals surface area (Å²) in [5.41, 5.74) is 6.25. The number of hydrogen-bond donors (Lipinski definition) is 2. The lowest BCUT2D eigenvalue weighted by Crippen LogP contribution is -2.05. The highest BCUT2D eigenvalue weighted by atomic mass is 35.5. The van der Waals surface area contributed by atoms with Crippen molar-refractivity contribution >= 4 is 23.3 Å². The van der Waals surface area contributed by atoms with Crippen LogP contribution < -0.4 is 5.73 Å². The van der Waals surface area contributed by atoms with E-state index >= 15 is 0 Å². The Morgan fingerprint density at radius 1 is 1.53 bits per heavy atom. The Morgan fingerprint density at radius 3 is 2.87 bits per heavy atom. The van der Waals surface area contributed by atoms with Crippen LogP contribution in [0.5, 0.6) is 0 Å². The molecule has 0 aliphatic carbocycles. The molecule has 0 unspecified atom stereocenters. The van der Waals surface area contributed by atoms with Crippen molar-refractivity contribution in [3.05, 3.63) is 29.3 Å². The number of rotatable bonds is 2. The molecular formula is C11H10ClNO2. The fourth-order valence-electron chi connectivity index (χ4n) is 1.12. The van der Waals surface area contributed by atoms with E-state index in [0.717, 1.165) is 0 Å². The highest BCUT2D eigenvalue weighted by Gasteiger charge is 2.11. The summed E-state index contributed by atoms with van der Waals surface area (Å²) in [5, 5.41) is 8.93. The summed E-state index contributed by atoms with van der Waals surface area (Å²) in [6.45, 7) is 0. The fraction of sp³-hybridized carbons (Fsp3) is 0.182. The Kier molecular flexibility index (Phi) is 4.02. The summed E-state index contributed by atoms with van der Waals surface area (Å²) in [5.74, 6) is 4.88. The summed E-state index contributed by atoms with van der Waals surface area (Å²) >= 11 is 5.46. The zero-order valence-electron chi connectivity index (χ0n) is 7.96. The van der Waals surface area contributed by atoms with E-state index in [1.165, 1.54) is 6.07 Å². The van der Waals surface area contributed by atoms with Crippen LogP contribution in [-0.4, -0.2) is 17.0 Å². The van der Waals surface area contributed by atoms with Crippen LogP contribution in [0.25, 0.3) is 0 Å². The first-order valence-electron chi connectivity index (χ1n) is 4.33. The fourth-order valence-corrected chi connectivity index (χ4v) is 1.21. The molecule has 4 heteroatoms. The highest BCUT2D eigenvalue weighted by molar-refractivity contribution is 6.18. The van der Waals surface area contributed by atoms with Gasteiger partial charge in [0.1, 0.15) is 0 Å². The van der Waals surface area contributed by atoms with Gasteiger partial charge in [0, 0.05) is 23.6 Å². The van der Waals surface area contributed by atoms with Gasteiger partial charge in [-0.1, -0.05) is 17.9 Å². The third-order valence-corrected chi connectivity index (χ3v) is 1.94. The predicted octanol–water partition coefficient (Wildman–Crippen LogP) is 1.95. The Bertz CT molecular complexity index is 432. The average molecular weight is 224 g/mol. The van der Waals surface area contributed by atoms with Crippen molar-refractivity contribution in [2.75, 3.05) is 11.6 Å². The molecule has 0 heterocycles. The normalized spacial score (nSPS) is 9.13. The summed E-state index contributed by atoms with van der Waals surface area (Å²) in [6.07, 6.45) is 0.523. The first-order valence-corrected chi connectivity index (χ1v) is 4.87. The molecule has 0 bridgehead atoms. The van der Waals surface area contributed by atoms with Crippen LogP contribution >= 0.6 is 11.6 Å². The van der Waals surface area contributed by atoms with Crippen molar-refractivity contribution in [1.82, 2.24) is 0 Å². The Hall–Kier alpha value is -1.66. The van der Waals surface area contributed by atoms with Crippen molar-refractivity contribution in [1.29, 1.82) is 0 Å². The molecule has 0 saturated carbocycles. The van der Waals surface area contributed by atoms with Crippen LogP contribution in [0.4, 0.5) is 5.69 Å². The smallest absolute Gasteiger partial charge is 0.339 e. The third-order valence-electron chi connectivity index (χ3n) is 1.75. The minimum absolute atomic E-state index is 0.0552. The number of aromatic carboxylic acids is 1. The molecule has 0 aliphatic rings. The molecule has 0 spiro atoms. The maximum Gasteiger partial charge on any atom is 0.339 e. The van der Waals surface area contributed by atoms with Crippen LogP contribution in [0.2, 0.25) is 0 Å². The number of alkyl halides is 1. The van der Waals surface area contributed by atoms with Gasteiger partial charge in [-0.15, -0.1) is 11.6 Å². The van der Waals surface area contributed by atoms with Crippen LogP contribution in [0.1, 0.15) is 22.3 Å². The molecule has 1 aromatic carbocycles. The van der Waals surface area contributed by atoms with Gasteiger partial charge >= 0.3 is 5.97 Å². The van der Waals surface area contributed by atoms with Crippen LogP contribution in [0.3, 0.4) is 0 Å². The van der Waals surface area contributed by atoms with Gasteiger partial charge in [-0.25, -0.2) is 4.79 Å². The number of carboxylic acids is 1. The van der Waals surface area contributed by atoms with Gasteiger partial charge in [-0.2, -0.15) is 0 Å². The molecule has 1 rings (SSSR count). The van der Waals surface area contributed by atoms with Gasteiger partial charge in [0.15, 0.2) is 0 Å². The van der Waals surface area contributed by atoms with Gasteiger partial charge in [0.25, 0.3) is 0 Å². The first-order chi connectivity index (χ1) is 7.16. The Labute approximate surface area is 92.9 Å². The van der Waals surface area contributed by atoms with Gasteiger partial charge < -0.3 is 10.8 Å². The minimum Gasteiger partial charge on any atom is -0.478 e. The lowest BCUT2D eigenvalue weighted by Gasteiger charge is -2.02. The first kappa shape index (κ1) is 11.4. The summed E-state index contributed by atoms with van der Waals surface area (Å²) in [4.78, 5) is 10.9. The molecule has 0 saturated heterocycles. The van der Waals surface area contributed by atoms with Gasteiger partial charge in [-0.05, 0) is 12.1 Å². The van der Waals surface area contributed by atoms with E-state index in [0.29, 0.717) is 17.9 Å². The molecule has 15 heavy (non-hydrogen) atoms. The monoisotopic (exact) mass is 223 g/mol. The van der Waals surface area contributed by atoms with Gasteiger partial charge in [0.05, 0.1) is 5.56 Å². The van der Waals surface area contributed by atoms with E-state index in [1.54, 1.807) is 12.1 Å². The summed E-state index contributed by atoms with van der Waals surface area (Å²) in [7, 11) is 0. The lowest BCUT2D eigenvalue weighted by molar-refractivity contribution is 0.0698. The quantitative estimate of drug-likeness (QED) is 0.458. The maximum absolute atomic E-state index is 10.9. The standard InChI is InChI=1S/C11H10ClNO2/c12-7-2-1-4-8-5-3-6-9(13)10(8)11(14)15/h3,5-6H,2,7,13H2,(H,14,15). The number of nitrogens with two attached hydrogens (primary N) is 1. The Balaban J connectivity index is 3.13. The molecule has 1 aromatic rings. The second kappa shape index (κ2) is 5.28. The second-order valence-corrected chi connectivity index (χ2v) is 3.19. The van der Waals surface area contributed by atoms with E-state index < -0.39 is 5.97 Å². The molecule has 0 aromatic heterocycles. The summed E-state index contributed by atoms with van der Waals surface area (Å²) in [6, 6.07) is 4.84. The Morgan fingerprint density at radius 2 is 2.27 bits per heavy atom. The van der Waals surface area contributed by atoms with Crippen LogP contribution in [-0.2, 0) is 0 Å².